The summed E-state index contributed by atoms with van der Waals surface area (Å²) >= 11 is 0. The normalized spacial score (nSPS) is 23.7. The molecule has 0 spiro atoms. The lowest BCUT2D eigenvalue weighted by molar-refractivity contribution is 0.321. The molecule has 0 amide bonds. The molecule has 2 rings (SSSR count). The maximum Gasteiger partial charge on any atom is 0.127 e. The Morgan fingerprint density at radius 3 is 2.89 bits per heavy atom. The molecule has 0 saturated heterocycles. The van der Waals surface area contributed by atoms with E-state index in [9.17, 15) is 0 Å². The van der Waals surface area contributed by atoms with Gasteiger partial charge in [0.15, 0.2) is 0 Å². The Balaban J connectivity index is 2.11. The van der Waals surface area contributed by atoms with Gasteiger partial charge in [0.1, 0.15) is 5.82 Å². The molecule has 2 atom stereocenters. The van der Waals surface area contributed by atoms with Crippen LogP contribution in [0.25, 0.3) is 0 Å². The van der Waals surface area contributed by atoms with Crippen molar-refractivity contribution < 1.29 is 0 Å². The Hall–Kier alpha value is -1.25. The van der Waals surface area contributed by atoms with Crippen LogP contribution in [0.15, 0.2) is 18.3 Å². The van der Waals surface area contributed by atoms with Crippen LogP contribution >= 0.6 is 0 Å². The summed E-state index contributed by atoms with van der Waals surface area (Å²) in [6, 6.07) is 4.95. The Bertz CT molecular complexity index is 378. The topological polar surface area (TPSA) is 28.2 Å². The number of nitrogens with one attached hydrogen (secondary N) is 1. The number of pyridine rings is 1. The van der Waals surface area contributed by atoms with Gasteiger partial charge in [-0.2, -0.15) is 0 Å². The standard InChI is InChI=1S/C15H25N3/c1-4-16-15-11-13(9-10-17-15)18(3)14-8-6-5-7-12(14)2/h9-12,14H,4-8H2,1-3H3,(H,16,17). The Morgan fingerprint density at radius 2 is 2.17 bits per heavy atom. The highest BCUT2D eigenvalue weighted by Crippen LogP contribution is 2.30. The summed E-state index contributed by atoms with van der Waals surface area (Å²) in [4.78, 5) is 6.77. The van der Waals surface area contributed by atoms with Gasteiger partial charge in [-0.1, -0.05) is 19.8 Å². The molecule has 1 heterocycles. The second-order valence-corrected chi connectivity index (χ2v) is 5.37. The molecule has 0 aromatic carbocycles. The van der Waals surface area contributed by atoms with E-state index in [1.165, 1.54) is 31.4 Å². The van der Waals surface area contributed by atoms with Crippen molar-refractivity contribution in [1.29, 1.82) is 0 Å². The van der Waals surface area contributed by atoms with E-state index in [4.69, 9.17) is 0 Å². The highest BCUT2D eigenvalue weighted by molar-refractivity contribution is 5.54. The van der Waals surface area contributed by atoms with E-state index in [0.717, 1.165) is 18.3 Å². The molecule has 100 valence electrons. The predicted octanol–water partition coefficient (Wildman–Crippen LogP) is 3.53. The zero-order valence-corrected chi connectivity index (χ0v) is 11.8. The second kappa shape index (κ2) is 6.07. The van der Waals surface area contributed by atoms with E-state index in [0.29, 0.717) is 6.04 Å². The Kier molecular flexibility index (Phi) is 4.45. The summed E-state index contributed by atoms with van der Waals surface area (Å²) < 4.78 is 0. The highest BCUT2D eigenvalue weighted by Gasteiger charge is 2.25. The van der Waals surface area contributed by atoms with Crippen LogP contribution in [0, 0.1) is 5.92 Å². The summed E-state index contributed by atoms with van der Waals surface area (Å²) in [5, 5.41) is 3.28. The monoisotopic (exact) mass is 247 g/mol. The lowest BCUT2D eigenvalue weighted by atomic mass is 9.85. The molecule has 1 saturated carbocycles. The van der Waals surface area contributed by atoms with E-state index in [1.54, 1.807) is 0 Å². The third kappa shape index (κ3) is 2.95. The number of nitrogens with zero attached hydrogens (tertiary/aromatic N) is 2. The fraction of sp³-hybridized carbons (Fsp3) is 0.667. The van der Waals surface area contributed by atoms with Gasteiger partial charge < -0.3 is 10.2 Å². The number of aromatic nitrogens is 1. The molecule has 2 unspecified atom stereocenters. The summed E-state index contributed by atoms with van der Waals surface area (Å²) in [7, 11) is 2.22. The van der Waals surface area contributed by atoms with Crippen LogP contribution in [0.2, 0.25) is 0 Å². The fourth-order valence-corrected chi connectivity index (χ4v) is 2.98. The fourth-order valence-electron chi connectivity index (χ4n) is 2.98. The van der Waals surface area contributed by atoms with Crippen molar-refractivity contribution in [2.45, 2.75) is 45.6 Å². The van der Waals surface area contributed by atoms with Gasteiger partial charge in [0.05, 0.1) is 0 Å². The second-order valence-electron chi connectivity index (χ2n) is 5.37. The van der Waals surface area contributed by atoms with E-state index in [2.05, 4.69) is 48.2 Å². The van der Waals surface area contributed by atoms with Crippen molar-refractivity contribution in [2.75, 3.05) is 23.8 Å². The maximum atomic E-state index is 4.34. The first-order valence-electron chi connectivity index (χ1n) is 7.15. The molecule has 0 aliphatic heterocycles. The van der Waals surface area contributed by atoms with E-state index >= 15 is 0 Å². The van der Waals surface area contributed by atoms with Crippen molar-refractivity contribution in [3.8, 4) is 0 Å². The van der Waals surface area contributed by atoms with Crippen molar-refractivity contribution in [2.24, 2.45) is 5.92 Å². The Labute approximate surface area is 111 Å². The zero-order valence-electron chi connectivity index (χ0n) is 11.8. The van der Waals surface area contributed by atoms with Gasteiger partial charge in [-0.3, -0.25) is 0 Å². The van der Waals surface area contributed by atoms with Gasteiger partial charge in [0.25, 0.3) is 0 Å². The number of hydrogen-bond acceptors (Lipinski definition) is 3. The summed E-state index contributed by atoms with van der Waals surface area (Å²) in [6.07, 6.45) is 7.34. The van der Waals surface area contributed by atoms with Gasteiger partial charge in [0, 0.05) is 37.6 Å². The maximum absolute atomic E-state index is 4.34. The largest absolute Gasteiger partial charge is 0.371 e. The average molecular weight is 247 g/mol. The Morgan fingerprint density at radius 1 is 1.39 bits per heavy atom. The van der Waals surface area contributed by atoms with Crippen LogP contribution in [0.4, 0.5) is 11.5 Å². The zero-order chi connectivity index (χ0) is 13.0. The molecule has 3 nitrogen and oxygen atoms in total. The summed E-state index contributed by atoms with van der Waals surface area (Å²) in [6.45, 7) is 5.40. The van der Waals surface area contributed by atoms with Crippen LogP contribution < -0.4 is 10.2 Å². The minimum atomic E-state index is 0.677. The first kappa shape index (κ1) is 13.2. The molecule has 1 aliphatic rings. The van der Waals surface area contributed by atoms with Crippen LogP contribution in [0.1, 0.15) is 39.5 Å². The van der Waals surface area contributed by atoms with Gasteiger partial charge in [-0.15, -0.1) is 0 Å². The molecule has 1 N–H and O–H groups in total. The first-order chi connectivity index (χ1) is 8.72. The van der Waals surface area contributed by atoms with Gasteiger partial charge in [-0.25, -0.2) is 4.98 Å². The smallest absolute Gasteiger partial charge is 0.127 e. The quantitative estimate of drug-likeness (QED) is 0.882. The molecule has 1 fully saturated rings. The lowest BCUT2D eigenvalue weighted by Crippen LogP contribution is -2.39. The predicted molar refractivity (Wildman–Crippen MR) is 78.2 cm³/mol. The SMILES string of the molecule is CCNc1cc(N(C)C2CCCCC2C)ccn1. The van der Waals surface area contributed by atoms with Crippen LogP contribution in [0.3, 0.4) is 0 Å². The lowest BCUT2D eigenvalue weighted by Gasteiger charge is -2.37. The van der Waals surface area contributed by atoms with Crippen molar-refractivity contribution >= 4 is 11.5 Å². The number of hydrogen-bond donors (Lipinski definition) is 1. The average Bonchev–Trinajstić information content (AvgIpc) is 2.39. The van der Waals surface area contributed by atoms with Gasteiger partial charge in [-0.05, 0) is 31.7 Å². The molecule has 1 aromatic rings. The molecular weight excluding hydrogens is 222 g/mol. The van der Waals surface area contributed by atoms with E-state index < -0.39 is 0 Å². The van der Waals surface area contributed by atoms with Crippen LogP contribution in [-0.2, 0) is 0 Å². The molecule has 3 heteroatoms. The summed E-state index contributed by atoms with van der Waals surface area (Å²) in [5.74, 6) is 1.77. The molecule has 1 aliphatic carbocycles. The van der Waals surface area contributed by atoms with Crippen molar-refractivity contribution in [3.63, 3.8) is 0 Å². The highest BCUT2D eigenvalue weighted by atomic mass is 15.1. The molecule has 0 radical (unpaired) electrons. The number of anilines is 2. The van der Waals surface area contributed by atoms with Gasteiger partial charge in [0.2, 0.25) is 0 Å². The molecular formula is C15H25N3. The molecule has 18 heavy (non-hydrogen) atoms. The minimum absolute atomic E-state index is 0.677. The first-order valence-corrected chi connectivity index (χ1v) is 7.15. The molecule has 1 aromatic heterocycles. The van der Waals surface area contributed by atoms with Crippen molar-refractivity contribution in [3.05, 3.63) is 18.3 Å². The van der Waals surface area contributed by atoms with Crippen molar-refractivity contribution in [1.82, 2.24) is 4.98 Å². The van der Waals surface area contributed by atoms with Crippen LogP contribution in [-0.4, -0.2) is 24.6 Å². The van der Waals surface area contributed by atoms with E-state index in [-0.39, 0.29) is 0 Å². The third-order valence-corrected chi connectivity index (χ3v) is 4.07. The third-order valence-electron chi connectivity index (χ3n) is 4.07. The molecule has 0 bridgehead atoms. The van der Waals surface area contributed by atoms with Gasteiger partial charge >= 0.3 is 0 Å². The number of rotatable bonds is 4. The van der Waals surface area contributed by atoms with E-state index in [1.807, 2.05) is 6.20 Å². The van der Waals surface area contributed by atoms with Crippen LogP contribution in [0.5, 0.6) is 0 Å². The minimum Gasteiger partial charge on any atom is -0.371 e. The summed E-state index contributed by atoms with van der Waals surface area (Å²) in [5.41, 5.74) is 1.28.